The molecule has 6 nitrogen and oxygen atoms in total. The zero-order chi connectivity index (χ0) is 20.9. The van der Waals surface area contributed by atoms with Crippen LogP contribution in [0.1, 0.15) is 22.8 Å². The fraction of sp³-hybridized carbons (Fsp3) is 0.0417. The number of anilines is 1. The maximum absolute atomic E-state index is 12.4. The standard InChI is InChI=1S/C24H20N4O2/c1-16(29)26-19-13-11-18(12-14-19)24(30)28-25-15-21-20-9-5-6-10-22(20)27-23(21)17-7-3-2-4-8-17/h2-15,27H,1H3,(H,26,29)(H,28,30). The molecule has 0 unspecified atom stereocenters. The van der Waals surface area contributed by atoms with Gasteiger partial charge in [0.25, 0.3) is 5.91 Å². The van der Waals surface area contributed by atoms with E-state index in [-0.39, 0.29) is 11.8 Å². The summed E-state index contributed by atoms with van der Waals surface area (Å²) in [4.78, 5) is 26.9. The first kappa shape index (κ1) is 19.1. The summed E-state index contributed by atoms with van der Waals surface area (Å²) in [6.45, 7) is 1.43. The second-order valence-electron chi connectivity index (χ2n) is 6.78. The zero-order valence-electron chi connectivity index (χ0n) is 16.3. The van der Waals surface area contributed by atoms with Crippen LogP contribution in [0.25, 0.3) is 22.2 Å². The van der Waals surface area contributed by atoms with Crippen molar-refractivity contribution < 1.29 is 9.59 Å². The second-order valence-corrected chi connectivity index (χ2v) is 6.78. The normalized spacial score (nSPS) is 11.0. The largest absolute Gasteiger partial charge is 0.354 e. The van der Waals surface area contributed by atoms with Crippen molar-refractivity contribution in [2.75, 3.05) is 5.32 Å². The molecule has 0 spiro atoms. The molecule has 3 aromatic carbocycles. The average Bonchev–Trinajstić information content (AvgIpc) is 3.13. The lowest BCUT2D eigenvalue weighted by molar-refractivity contribution is -0.114. The Balaban J connectivity index is 1.57. The van der Waals surface area contributed by atoms with Gasteiger partial charge in [0, 0.05) is 34.6 Å². The first-order chi connectivity index (χ1) is 14.6. The Labute approximate surface area is 173 Å². The minimum Gasteiger partial charge on any atom is -0.354 e. The molecule has 30 heavy (non-hydrogen) atoms. The summed E-state index contributed by atoms with van der Waals surface area (Å²) in [6, 6.07) is 24.6. The van der Waals surface area contributed by atoms with Crippen LogP contribution in [0.3, 0.4) is 0 Å². The topological polar surface area (TPSA) is 86.3 Å². The maximum Gasteiger partial charge on any atom is 0.271 e. The fourth-order valence-electron chi connectivity index (χ4n) is 3.26. The van der Waals surface area contributed by atoms with E-state index in [1.165, 1.54) is 6.92 Å². The van der Waals surface area contributed by atoms with Crippen molar-refractivity contribution in [3.63, 3.8) is 0 Å². The number of rotatable bonds is 5. The number of benzene rings is 3. The van der Waals surface area contributed by atoms with Crippen molar-refractivity contribution in [2.24, 2.45) is 5.10 Å². The van der Waals surface area contributed by atoms with Gasteiger partial charge >= 0.3 is 0 Å². The number of fused-ring (bicyclic) bond motifs is 1. The molecule has 0 bridgehead atoms. The van der Waals surface area contributed by atoms with Crippen LogP contribution in [0.15, 0.2) is 84.0 Å². The van der Waals surface area contributed by atoms with Crippen LogP contribution in [-0.2, 0) is 4.79 Å². The SMILES string of the molecule is CC(=O)Nc1ccc(C(=O)NN=Cc2c(-c3ccccc3)[nH]c3ccccc23)cc1. The number of hydrazone groups is 1. The molecule has 1 heterocycles. The number of para-hydroxylation sites is 1. The summed E-state index contributed by atoms with van der Waals surface area (Å²) in [5.41, 5.74) is 7.53. The number of aromatic nitrogens is 1. The molecule has 6 heteroatoms. The lowest BCUT2D eigenvalue weighted by atomic mass is 10.1. The number of aromatic amines is 1. The lowest BCUT2D eigenvalue weighted by Gasteiger charge is -2.04. The van der Waals surface area contributed by atoms with Crippen molar-refractivity contribution in [3.8, 4) is 11.3 Å². The first-order valence-electron chi connectivity index (χ1n) is 9.49. The van der Waals surface area contributed by atoms with Crippen LogP contribution in [0, 0.1) is 0 Å². The van der Waals surface area contributed by atoms with Gasteiger partial charge in [-0.05, 0) is 35.9 Å². The van der Waals surface area contributed by atoms with Crippen molar-refractivity contribution in [1.29, 1.82) is 0 Å². The van der Waals surface area contributed by atoms with E-state index in [0.717, 1.165) is 27.7 Å². The van der Waals surface area contributed by atoms with E-state index in [0.29, 0.717) is 11.3 Å². The maximum atomic E-state index is 12.4. The fourth-order valence-corrected chi connectivity index (χ4v) is 3.26. The van der Waals surface area contributed by atoms with Gasteiger partial charge in [-0.1, -0.05) is 48.5 Å². The van der Waals surface area contributed by atoms with E-state index in [9.17, 15) is 9.59 Å². The van der Waals surface area contributed by atoms with Gasteiger partial charge in [0.05, 0.1) is 11.9 Å². The monoisotopic (exact) mass is 396 g/mol. The number of nitrogens with zero attached hydrogens (tertiary/aromatic N) is 1. The van der Waals surface area contributed by atoms with Gasteiger partial charge in [-0.2, -0.15) is 5.10 Å². The smallest absolute Gasteiger partial charge is 0.271 e. The Bertz CT molecular complexity index is 1230. The summed E-state index contributed by atoms with van der Waals surface area (Å²) in [7, 11) is 0. The van der Waals surface area contributed by atoms with Gasteiger partial charge in [-0.3, -0.25) is 9.59 Å². The summed E-state index contributed by atoms with van der Waals surface area (Å²) in [5, 5.41) is 7.87. The molecule has 3 N–H and O–H groups in total. The molecule has 0 atom stereocenters. The highest BCUT2D eigenvalue weighted by Gasteiger charge is 2.11. The van der Waals surface area contributed by atoms with Gasteiger partial charge in [0.1, 0.15) is 0 Å². The first-order valence-corrected chi connectivity index (χ1v) is 9.49. The molecule has 148 valence electrons. The van der Waals surface area contributed by atoms with Crippen LogP contribution in [0.5, 0.6) is 0 Å². The average molecular weight is 396 g/mol. The van der Waals surface area contributed by atoms with Crippen molar-refractivity contribution >= 4 is 34.6 Å². The predicted molar refractivity (Wildman–Crippen MR) is 120 cm³/mol. The third-order valence-electron chi connectivity index (χ3n) is 4.64. The molecule has 0 fully saturated rings. The number of hydrogen-bond donors (Lipinski definition) is 3. The molecule has 4 aromatic rings. The summed E-state index contributed by atoms with van der Waals surface area (Å²) in [6.07, 6.45) is 1.66. The Morgan fingerprint density at radius 2 is 1.60 bits per heavy atom. The van der Waals surface area contributed by atoms with Crippen molar-refractivity contribution in [2.45, 2.75) is 6.92 Å². The van der Waals surface area contributed by atoms with Crippen molar-refractivity contribution in [1.82, 2.24) is 10.4 Å². The molecule has 0 aliphatic carbocycles. The highest BCUT2D eigenvalue weighted by atomic mass is 16.2. The highest BCUT2D eigenvalue weighted by molar-refractivity contribution is 6.06. The van der Waals surface area contributed by atoms with Gasteiger partial charge < -0.3 is 10.3 Å². The zero-order valence-corrected chi connectivity index (χ0v) is 16.3. The number of nitrogens with one attached hydrogen (secondary N) is 3. The third kappa shape index (κ3) is 4.12. The molecule has 2 amide bonds. The highest BCUT2D eigenvalue weighted by Crippen LogP contribution is 2.28. The van der Waals surface area contributed by atoms with Crippen LogP contribution in [0.4, 0.5) is 5.69 Å². The van der Waals surface area contributed by atoms with Gasteiger partial charge in [0.15, 0.2) is 0 Å². The van der Waals surface area contributed by atoms with E-state index in [1.807, 2.05) is 54.6 Å². The van der Waals surface area contributed by atoms with E-state index < -0.39 is 0 Å². The Hall–Kier alpha value is -4.19. The molecular formula is C24H20N4O2. The van der Waals surface area contributed by atoms with E-state index in [4.69, 9.17) is 0 Å². The molecule has 0 saturated heterocycles. The molecule has 1 aromatic heterocycles. The van der Waals surface area contributed by atoms with E-state index in [2.05, 4.69) is 20.8 Å². The quantitative estimate of drug-likeness (QED) is 0.341. The third-order valence-corrected chi connectivity index (χ3v) is 4.64. The number of H-pyrrole nitrogens is 1. The number of carbonyl (C=O) groups is 2. The summed E-state index contributed by atoms with van der Waals surface area (Å²) in [5.74, 6) is -0.494. The number of amides is 2. The summed E-state index contributed by atoms with van der Waals surface area (Å²) < 4.78 is 0. The molecule has 0 saturated carbocycles. The molecule has 0 aliphatic rings. The van der Waals surface area contributed by atoms with Crippen LogP contribution in [-0.4, -0.2) is 23.0 Å². The Kier molecular flexibility index (Phi) is 5.39. The van der Waals surface area contributed by atoms with E-state index in [1.54, 1.807) is 30.5 Å². The van der Waals surface area contributed by atoms with Crippen LogP contribution >= 0.6 is 0 Å². The van der Waals surface area contributed by atoms with E-state index >= 15 is 0 Å². The number of hydrogen-bond acceptors (Lipinski definition) is 3. The molecule has 0 aliphatic heterocycles. The van der Waals surface area contributed by atoms with Gasteiger partial charge in [0.2, 0.25) is 5.91 Å². The van der Waals surface area contributed by atoms with Crippen LogP contribution in [0.2, 0.25) is 0 Å². The number of carbonyl (C=O) groups excluding carboxylic acids is 2. The molecule has 0 radical (unpaired) electrons. The molecular weight excluding hydrogens is 376 g/mol. The minimum atomic E-state index is -0.332. The lowest BCUT2D eigenvalue weighted by Crippen LogP contribution is -2.17. The Morgan fingerprint density at radius 3 is 2.33 bits per heavy atom. The summed E-state index contributed by atoms with van der Waals surface area (Å²) >= 11 is 0. The van der Waals surface area contributed by atoms with Crippen molar-refractivity contribution in [3.05, 3.63) is 90.0 Å². The Morgan fingerprint density at radius 1 is 0.900 bits per heavy atom. The molecule has 4 rings (SSSR count). The minimum absolute atomic E-state index is 0.162. The second kappa shape index (κ2) is 8.45. The van der Waals surface area contributed by atoms with Gasteiger partial charge in [-0.25, -0.2) is 5.43 Å². The van der Waals surface area contributed by atoms with Gasteiger partial charge in [-0.15, -0.1) is 0 Å². The predicted octanol–water partition coefficient (Wildman–Crippen LogP) is 4.56. The van der Waals surface area contributed by atoms with Crippen LogP contribution < -0.4 is 10.7 Å².